The van der Waals surface area contributed by atoms with Gasteiger partial charge in [0.2, 0.25) is 11.8 Å². The van der Waals surface area contributed by atoms with Crippen molar-refractivity contribution in [1.82, 2.24) is 0 Å². The molecule has 0 atom stereocenters. The normalized spacial score (nSPS) is 11.5. The lowest BCUT2D eigenvalue weighted by molar-refractivity contribution is -0.388. The van der Waals surface area contributed by atoms with E-state index in [1.165, 1.54) is 20.8 Å². The van der Waals surface area contributed by atoms with Gasteiger partial charge >= 0.3 is 6.18 Å². The van der Waals surface area contributed by atoms with Crippen molar-refractivity contribution in [2.75, 3.05) is 17.2 Å². The molecule has 0 heterocycles. The molecular weight excluding hydrogens is 419 g/mol. The molecule has 0 saturated carbocycles. The van der Waals surface area contributed by atoms with Crippen LogP contribution in [0.2, 0.25) is 0 Å². The molecule has 0 unspecified atom stereocenters. The highest BCUT2D eigenvalue weighted by molar-refractivity contribution is 5.95. The molecule has 8 nitrogen and oxygen atoms in total. The summed E-state index contributed by atoms with van der Waals surface area (Å²) < 4.78 is 44.9. The summed E-state index contributed by atoms with van der Waals surface area (Å²) in [6.07, 6.45) is -4.95. The van der Waals surface area contributed by atoms with E-state index in [9.17, 15) is 32.9 Å². The molecule has 11 heteroatoms. The van der Waals surface area contributed by atoms with E-state index in [0.717, 1.165) is 6.07 Å². The average Bonchev–Trinajstić information content (AvgIpc) is 2.66. The molecule has 31 heavy (non-hydrogen) atoms. The van der Waals surface area contributed by atoms with Crippen LogP contribution in [-0.4, -0.2) is 23.3 Å². The molecule has 0 saturated heterocycles. The fourth-order valence-electron chi connectivity index (χ4n) is 2.47. The summed E-state index contributed by atoms with van der Waals surface area (Å²) in [4.78, 5) is 33.3. The number of halogens is 3. The first kappa shape index (κ1) is 23.6. The lowest BCUT2D eigenvalue weighted by Gasteiger charge is -2.24. The van der Waals surface area contributed by atoms with Gasteiger partial charge in [0.15, 0.2) is 0 Å². The number of nitrogens with one attached hydrogen (secondary N) is 2. The Balaban J connectivity index is 2.08. The zero-order valence-corrected chi connectivity index (χ0v) is 16.9. The minimum Gasteiger partial charge on any atom is -0.492 e. The van der Waals surface area contributed by atoms with Crippen LogP contribution in [-0.2, 0) is 15.8 Å². The van der Waals surface area contributed by atoms with Gasteiger partial charge in [-0.15, -0.1) is 0 Å². The number of nitrogens with zero attached hydrogens (tertiary/aromatic N) is 1. The number of amides is 2. The second kappa shape index (κ2) is 9.02. The number of carbonyl (C=O) groups excluding carboxylic acids is 2. The topological polar surface area (TPSA) is 111 Å². The number of benzene rings is 2. The SMILES string of the molecule is CC(=O)Nc1ccc(OCC(C)(C)C(=O)Nc2ccc([N+](=O)[O-])c(C(F)(F)F)c2)cc1. The third-order valence-corrected chi connectivity index (χ3v) is 4.15. The Bertz CT molecular complexity index is 989. The predicted octanol–water partition coefficient (Wildman–Crippen LogP) is 4.62. The van der Waals surface area contributed by atoms with E-state index in [1.807, 2.05) is 0 Å². The summed E-state index contributed by atoms with van der Waals surface area (Å²) in [5, 5.41) is 15.8. The Labute approximate surface area is 175 Å². The van der Waals surface area contributed by atoms with Crippen LogP contribution in [0.3, 0.4) is 0 Å². The molecule has 0 spiro atoms. The summed E-state index contributed by atoms with van der Waals surface area (Å²) in [7, 11) is 0. The molecule has 166 valence electrons. The van der Waals surface area contributed by atoms with E-state index in [0.29, 0.717) is 23.6 Å². The van der Waals surface area contributed by atoms with E-state index >= 15 is 0 Å². The fourth-order valence-corrected chi connectivity index (χ4v) is 2.47. The van der Waals surface area contributed by atoms with Gasteiger partial charge in [0, 0.05) is 24.4 Å². The van der Waals surface area contributed by atoms with Gasteiger partial charge in [-0.2, -0.15) is 13.2 Å². The molecule has 0 aliphatic rings. The van der Waals surface area contributed by atoms with Gasteiger partial charge in [-0.25, -0.2) is 0 Å². The summed E-state index contributed by atoms with van der Waals surface area (Å²) in [5.74, 6) is -0.444. The summed E-state index contributed by atoms with van der Waals surface area (Å²) in [6, 6.07) is 8.64. The Morgan fingerprint density at radius 3 is 2.13 bits per heavy atom. The second-order valence-corrected chi connectivity index (χ2v) is 7.32. The van der Waals surface area contributed by atoms with Crippen molar-refractivity contribution in [3.63, 3.8) is 0 Å². The van der Waals surface area contributed by atoms with E-state index in [4.69, 9.17) is 4.74 Å². The maximum absolute atomic E-state index is 13.1. The number of hydrogen-bond acceptors (Lipinski definition) is 5. The van der Waals surface area contributed by atoms with Gasteiger partial charge < -0.3 is 15.4 Å². The molecule has 0 bridgehead atoms. The first-order chi connectivity index (χ1) is 14.3. The number of nitro groups is 1. The van der Waals surface area contributed by atoms with Crippen LogP contribution < -0.4 is 15.4 Å². The second-order valence-electron chi connectivity index (χ2n) is 7.32. The lowest BCUT2D eigenvalue weighted by Crippen LogP contribution is -2.36. The van der Waals surface area contributed by atoms with Crippen LogP contribution in [0.1, 0.15) is 26.3 Å². The van der Waals surface area contributed by atoms with E-state index in [2.05, 4.69) is 10.6 Å². The van der Waals surface area contributed by atoms with Crippen molar-refractivity contribution in [3.8, 4) is 5.75 Å². The van der Waals surface area contributed by atoms with Gasteiger partial charge in [0.05, 0.1) is 10.3 Å². The minimum atomic E-state index is -4.95. The van der Waals surface area contributed by atoms with E-state index < -0.39 is 33.7 Å². The summed E-state index contributed by atoms with van der Waals surface area (Å²) in [5.41, 5.74) is -3.36. The summed E-state index contributed by atoms with van der Waals surface area (Å²) in [6.45, 7) is 4.33. The fraction of sp³-hybridized carbons (Fsp3) is 0.300. The molecule has 2 amide bonds. The average molecular weight is 439 g/mol. The molecule has 2 aromatic carbocycles. The maximum Gasteiger partial charge on any atom is 0.423 e. The van der Waals surface area contributed by atoms with Gasteiger partial charge in [0.25, 0.3) is 5.69 Å². The Hall–Kier alpha value is -3.63. The monoisotopic (exact) mass is 439 g/mol. The molecule has 2 N–H and O–H groups in total. The summed E-state index contributed by atoms with van der Waals surface area (Å²) >= 11 is 0. The molecule has 0 aromatic heterocycles. The van der Waals surface area contributed by atoms with Gasteiger partial charge in [0.1, 0.15) is 17.9 Å². The van der Waals surface area contributed by atoms with Crippen LogP contribution in [0.25, 0.3) is 0 Å². The van der Waals surface area contributed by atoms with Crippen molar-refractivity contribution in [2.45, 2.75) is 26.9 Å². The maximum atomic E-state index is 13.1. The quantitative estimate of drug-likeness (QED) is 0.483. The van der Waals surface area contributed by atoms with Crippen molar-refractivity contribution in [2.24, 2.45) is 5.41 Å². The number of alkyl halides is 3. The molecule has 0 radical (unpaired) electrons. The van der Waals surface area contributed by atoms with Gasteiger partial charge in [-0.3, -0.25) is 19.7 Å². The molecule has 0 aliphatic heterocycles. The molecule has 0 aliphatic carbocycles. The number of nitro benzene ring substituents is 1. The van der Waals surface area contributed by atoms with Gasteiger partial charge in [-0.05, 0) is 50.2 Å². The van der Waals surface area contributed by atoms with Crippen molar-refractivity contribution < 1.29 is 32.4 Å². The lowest BCUT2D eigenvalue weighted by atomic mass is 9.93. The van der Waals surface area contributed by atoms with Crippen LogP contribution in [0.15, 0.2) is 42.5 Å². The van der Waals surface area contributed by atoms with Crippen LogP contribution in [0, 0.1) is 15.5 Å². The predicted molar refractivity (Wildman–Crippen MR) is 107 cm³/mol. The first-order valence-electron chi connectivity index (χ1n) is 8.97. The van der Waals surface area contributed by atoms with Gasteiger partial charge in [-0.1, -0.05) is 0 Å². The highest BCUT2D eigenvalue weighted by Crippen LogP contribution is 2.37. The number of anilines is 2. The zero-order valence-electron chi connectivity index (χ0n) is 16.9. The number of rotatable bonds is 7. The molecular formula is C20H20F3N3O5. The van der Waals surface area contributed by atoms with Crippen LogP contribution in [0.5, 0.6) is 5.75 Å². The Kier molecular flexibility index (Phi) is 6.88. The number of carbonyl (C=O) groups is 2. The number of hydrogen-bond donors (Lipinski definition) is 2. The first-order valence-corrected chi connectivity index (χ1v) is 8.97. The third kappa shape index (κ3) is 6.43. The van der Waals surface area contributed by atoms with Crippen molar-refractivity contribution in [1.29, 1.82) is 0 Å². The van der Waals surface area contributed by atoms with E-state index in [-0.39, 0.29) is 18.2 Å². The zero-order chi connectivity index (χ0) is 23.4. The standard InChI is InChI=1S/C20H20F3N3O5/c1-12(27)24-13-4-7-15(8-5-13)31-11-19(2,3)18(28)25-14-6-9-17(26(29)30)16(10-14)20(21,22)23/h4-10H,11H2,1-3H3,(H,24,27)(H,25,28). The molecule has 0 fully saturated rings. The number of ether oxygens (including phenoxy) is 1. The molecule has 2 rings (SSSR count). The third-order valence-electron chi connectivity index (χ3n) is 4.15. The Morgan fingerprint density at radius 2 is 1.61 bits per heavy atom. The minimum absolute atomic E-state index is 0.0998. The van der Waals surface area contributed by atoms with E-state index in [1.54, 1.807) is 24.3 Å². The highest BCUT2D eigenvalue weighted by Gasteiger charge is 2.39. The van der Waals surface area contributed by atoms with Crippen molar-refractivity contribution in [3.05, 3.63) is 58.1 Å². The van der Waals surface area contributed by atoms with Crippen molar-refractivity contribution >= 4 is 28.9 Å². The largest absolute Gasteiger partial charge is 0.492 e. The molecule has 2 aromatic rings. The smallest absolute Gasteiger partial charge is 0.423 e. The van der Waals surface area contributed by atoms with Crippen LogP contribution >= 0.6 is 0 Å². The highest BCUT2D eigenvalue weighted by atomic mass is 19.4. The van der Waals surface area contributed by atoms with Crippen LogP contribution in [0.4, 0.5) is 30.2 Å². The Morgan fingerprint density at radius 1 is 1.03 bits per heavy atom.